The summed E-state index contributed by atoms with van der Waals surface area (Å²) in [6.07, 6.45) is 0. The van der Waals surface area contributed by atoms with Crippen molar-refractivity contribution in [2.45, 2.75) is 0 Å². The molecular weight excluding hydrogens is 845 g/mol. The maximum atomic E-state index is 7.14. The molecule has 3 heterocycles. The van der Waals surface area contributed by atoms with E-state index in [2.05, 4.69) is 252 Å². The fourth-order valence-corrected chi connectivity index (χ4v) is 11.8. The topological polar surface area (TPSA) is 21.3 Å². The van der Waals surface area contributed by atoms with Crippen molar-refractivity contribution in [1.82, 2.24) is 4.57 Å². The Hall–Kier alpha value is -8.70. The van der Waals surface area contributed by atoms with Crippen LogP contribution in [0.5, 0.6) is 0 Å². The van der Waals surface area contributed by atoms with Gasteiger partial charge in [-0.2, -0.15) is 0 Å². The molecule has 0 aliphatic heterocycles. The van der Waals surface area contributed by atoms with E-state index in [1.165, 1.54) is 58.3 Å². The summed E-state index contributed by atoms with van der Waals surface area (Å²) >= 11 is 1.85. The molecule has 0 amide bonds. The minimum atomic E-state index is 0.844. The summed E-state index contributed by atoms with van der Waals surface area (Å²) in [6.45, 7) is 0. The van der Waals surface area contributed by atoms with Gasteiger partial charge in [0.25, 0.3) is 0 Å². The van der Waals surface area contributed by atoms with Gasteiger partial charge in [-0.1, -0.05) is 164 Å². The Kier molecular flexibility index (Phi) is 8.76. The van der Waals surface area contributed by atoms with Crippen LogP contribution in [0.1, 0.15) is 0 Å². The lowest BCUT2D eigenvalue weighted by molar-refractivity contribution is 0.670. The zero-order chi connectivity index (χ0) is 44.7. The minimum Gasteiger partial charge on any atom is -0.455 e. The second kappa shape index (κ2) is 15.5. The lowest BCUT2D eigenvalue weighted by Gasteiger charge is -2.29. The first kappa shape index (κ1) is 38.6. The van der Waals surface area contributed by atoms with E-state index >= 15 is 0 Å². The number of nitrogens with zero attached hydrogens (tertiary/aromatic N) is 2. The van der Waals surface area contributed by atoms with Gasteiger partial charge in [0, 0.05) is 58.7 Å². The van der Waals surface area contributed by atoms with Crippen molar-refractivity contribution < 1.29 is 4.42 Å². The van der Waals surface area contributed by atoms with E-state index in [0.717, 1.165) is 72.5 Å². The predicted octanol–water partition coefficient (Wildman–Crippen LogP) is 18.7. The molecule has 0 atom stereocenters. The number of rotatable bonds is 7. The first-order valence-corrected chi connectivity index (χ1v) is 24.0. The average molecular weight is 885 g/mol. The van der Waals surface area contributed by atoms with Gasteiger partial charge in [-0.15, -0.1) is 11.3 Å². The SMILES string of the molecule is c1cc(-c2ccc3ccccc3c2)cc(N(c2ccccc2-c2ccc3sc4ccccc4c3c2)c2ccc(-c3ccccc3-n3c4ccccc4c4ccccc43)c3oc4ccccc4c23)c1. The van der Waals surface area contributed by atoms with Crippen LogP contribution < -0.4 is 4.90 Å². The zero-order valence-corrected chi connectivity index (χ0v) is 37.6. The van der Waals surface area contributed by atoms with Crippen molar-refractivity contribution in [3.63, 3.8) is 0 Å². The molecule has 0 fully saturated rings. The van der Waals surface area contributed by atoms with Crippen LogP contribution in [-0.4, -0.2) is 4.57 Å². The summed E-state index contributed by atoms with van der Waals surface area (Å²) in [5, 5.41) is 9.59. The minimum absolute atomic E-state index is 0.844. The monoisotopic (exact) mass is 884 g/mol. The van der Waals surface area contributed by atoms with Gasteiger partial charge in [0.2, 0.25) is 0 Å². The predicted molar refractivity (Wildman–Crippen MR) is 289 cm³/mol. The van der Waals surface area contributed by atoms with Crippen LogP contribution in [0.2, 0.25) is 0 Å². The molecule has 0 unspecified atom stereocenters. The number of furan rings is 1. The van der Waals surface area contributed by atoms with Gasteiger partial charge in [0.1, 0.15) is 11.2 Å². The molecule has 0 radical (unpaired) electrons. The molecule has 0 saturated carbocycles. The smallest absolute Gasteiger partial charge is 0.145 e. The van der Waals surface area contributed by atoms with Gasteiger partial charge in [-0.3, -0.25) is 0 Å². The van der Waals surface area contributed by atoms with Crippen molar-refractivity contribution in [3.8, 4) is 39.1 Å². The molecule has 0 bridgehead atoms. The highest BCUT2D eigenvalue weighted by atomic mass is 32.1. The van der Waals surface area contributed by atoms with Crippen LogP contribution in [0, 0.1) is 0 Å². The molecule has 0 N–H and O–H groups in total. The average Bonchev–Trinajstić information content (AvgIpc) is 4.09. The fourth-order valence-electron chi connectivity index (χ4n) is 10.7. The standard InChI is InChI=1S/C64H40N2OS/c1-2-17-42-38-44(33-32-41(42)16-1)43-18-15-19-46(39-43)65(55-26-9-3-20-47(55)45-34-37-62-54(40-45)51-24-8-14-31-61(51)68-62)59-36-35-52(64-63(59)53-25-7-13-30-60(53)67-64)50-23-6-12-29-58(50)66-56-27-10-4-21-48(56)49-22-5-11-28-57(49)66/h1-40H. The number of benzene rings is 11. The van der Waals surface area contributed by atoms with Gasteiger partial charge in [0.05, 0.1) is 33.5 Å². The number of anilines is 3. The summed E-state index contributed by atoms with van der Waals surface area (Å²) in [5.41, 5.74) is 15.0. The fraction of sp³-hybridized carbons (Fsp3) is 0. The van der Waals surface area contributed by atoms with Gasteiger partial charge in [-0.05, 0) is 106 Å². The highest BCUT2D eigenvalue weighted by Crippen LogP contribution is 2.50. The van der Waals surface area contributed by atoms with E-state index in [-0.39, 0.29) is 0 Å². The second-order valence-electron chi connectivity index (χ2n) is 17.6. The summed E-state index contributed by atoms with van der Waals surface area (Å²) in [5.74, 6) is 0. The van der Waals surface area contributed by atoms with E-state index in [1.807, 2.05) is 11.3 Å². The Labute approximate surface area is 396 Å². The first-order chi connectivity index (χ1) is 33.7. The summed E-state index contributed by atoms with van der Waals surface area (Å²) in [7, 11) is 0. The van der Waals surface area contributed by atoms with E-state index in [4.69, 9.17) is 4.42 Å². The van der Waals surface area contributed by atoms with Gasteiger partial charge in [0.15, 0.2) is 0 Å². The summed E-state index contributed by atoms with van der Waals surface area (Å²) in [6, 6.07) is 88.3. The normalized spacial score (nSPS) is 11.8. The van der Waals surface area contributed by atoms with Crippen LogP contribution in [0.15, 0.2) is 247 Å². The van der Waals surface area contributed by atoms with E-state index in [0.29, 0.717) is 0 Å². The molecule has 0 aliphatic rings. The lowest BCUT2D eigenvalue weighted by Crippen LogP contribution is -2.12. The van der Waals surface area contributed by atoms with Crippen molar-refractivity contribution in [2.24, 2.45) is 0 Å². The maximum absolute atomic E-state index is 7.14. The number of hydrogen-bond acceptors (Lipinski definition) is 3. The van der Waals surface area contributed by atoms with Crippen LogP contribution in [0.4, 0.5) is 17.1 Å². The second-order valence-corrected chi connectivity index (χ2v) is 18.7. The van der Waals surface area contributed by atoms with E-state index in [1.54, 1.807) is 0 Å². The van der Waals surface area contributed by atoms with Crippen LogP contribution in [0.25, 0.3) is 114 Å². The molecule has 0 spiro atoms. The number of thiophene rings is 1. The molecule has 68 heavy (non-hydrogen) atoms. The van der Waals surface area contributed by atoms with Crippen molar-refractivity contribution in [2.75, 3.05) is 4.90 Å². The van der Waals surface area contributed by atoms with Crippen molar-refractivity contribution >= 4 is 103 Å². The third-order valence-electron chi connectivity index (χ3n) is 13.8. The third-order valence-corrected chi connectivity index (χ3v) is 14.9. The molecule has 3 aromatic heterocycles. The molecule has 318 valence electrons. The van der Waals surface area contributed by atoms with E-state index in [9.17, 15) is 0 Å². The Morgan fingerprint density at radius 2 is 1.01 bits per heavy atom. The highest BCUT2D eigenvalue weighted by molar-refractivity contribution is 7.25. The highest BCUT2D eigenvalue weighted by Gasteiger charge is 2.26. The van der Waals surface area contributed by atoms with Crippen molar-refractivity contribution in [1.29, 1.82) is 0 Å². The third kappa shape index (κ3) is 6.05. The molecule has 4 heteroatoms. The van der Waals surface area contributed by atoms with E-state index < -0.39 is 0 Å². The van der Waals surface area contributed by atoms with Gasteiger partial charge >= 0.3 is 0 Å². The number of aromatic nitrogens is 1. The number of para-hydroxylation sites is 5. The quantitative estimate of drug-likeness (QED) is 0.159. The molecule has 14 aromatic rings. The zero-order valence-electron chi connectivity index (χ0n) is 36.8. The molecule has 14 rings (SSSR count). The van der Waals surface area contributed by atoms with Crippen LogP contribution >= 0.6 is 11.3 Å². The van der Waals surface area contributed by atoms with Crippen LogP contribution in [0.3, 0.4) is 0 Å². The first-order valence-electron chi connectivity index (χ1n) is 23.2. The number of fused-ring (bicyclic) bond motifs is 10. The molecule has 0 saturated heterocycles. The van der Waals surface area contributed by atoms with Crippen molar-refractivity contribution in [3.05, 3.63) is 243 Å². The maximum Gasteiger partial charge on any atom is 0.145 e. The summed E-state index contributed by atoms with van der Waals surface area (Å²) < 4.78 is 12.1. The molecule has 11 aromatic carbocycles. The Morgan fingerprint density at radius 3 is 1.87 bits per heavy atom. The number of hydrogen-bond donors (Lipinski definition) is 0. The molecule has 0 aliphatic carbocycles. The largest absolute Gasteiger partial charge is 0.455 e. The lowest BCUT2D eigenvalue weighted by atomic mass is 9.96. The van der Waals surface area contributed by atoms with Gasteiger partial charge < -0.3 is 13.9 Å². The Balaban J connectivity index is 1.03. The molecule has 3 nitrogen and oxygen atoms in total. The summed E-state index contributed by atoms with van der Waals surface area (Å²) in [4.78, 5) is 2.46. The van der Waals surface area contributed by atoms with Crippen LogP contribution in [-0.2, 0) is 0 Å². The Morgan fingerprint density at radius 1 is 0.368 bits per heavy atom. The van der Waals surface area contributed by atoms with Gasteiger partial charge in [-0.25, -0.2) is 0 Å². The molecular formula is C64H40N2OS. The Bertz CT molecular complexity index is 4250.